The van der Waals surface area contributed by atoms with Gasteiger partial charge < -0.3 is 4.74 Å². The van der Waals surface area contributed by atoms with Gasteiger partial charge in [-0.05, 0) is 42.8 Å². The van der Waals surface area contributed by atoms with E-state index < -0.39 is 12.0 Å². The summed E-state index contributed by atoms with van der Waals surface area (Å²) in [6.07, 6.45) is -0.751. The number of rotatable bonds is 5. The van der Waals surface area contributed by atoms with Crippen LogP contribution in [0.4, 0.5) is 0 Å². The Kier molecular flexibility index (Phi) is 7.09. The van der Waals surface area contributed by atoms with Crippen molar-refractivity contribution in [1.82, 2.24) is 10.9 Å². The zero-order valence-electron chi connectivity index (χ0n) is 14.6. The van der Waals surface area contributed by atoms with Crippen LogP contribution >= 0.6 is 39.5 Å². The Balaban J connectivity index is 1.49. The molecule has 0 saturated carbocycles. The van der Waals surface area contributed by atoms with Gasteiger partial charge in [0.15, 0.2) is 6.10 Å². The highest BCUT2D eigenvalue weighted by Gasteiger charge is 2.19. The molecule has 2 amide bonds. The topological polar surface area (TPSA) is 67.4 Å². The largest absolute Gasteiger partial charge is 0.481 e. The van der Waals surface area contributed by atoms with Crippen LogP contribution < -0.4 is 15.6 Å². The van der Waals surface area contributed by atoms with Gasteiger partial charge >= 0.3 is 0 Å². The van der Waals surface area contributed by atoms with E-state index >= 15 is 0 Å². The molecule has 142 valence electrons. The smallest absolute Gasteiger partial charge is 0.279 e. The van der Waals surface area contributed by atoms with Crippen molar-refractivity contribution in [2.24, 2.45) is 0 Å². The first-order valence-electron chi connectivity index (χ1n) is 8.38. The van der Waals surface area contributed by atoms with Crippen molar-refractivity contribution in [3.8, 4) is 5.75 Å². The lowest BCUT2D eigenvalue weighted by molar-refractivity contribution is -0.128. The van der Waals surface area contributed by atoms with Crippen LogP contribution in [0.5, 0.6) is 5.75 Å². The van der Waals surface area contributed by atoms with Crippen LogP contribution in [0.1, 0.15) is 27.4 Å². The number of hydrogen-bond acceptors (Lipinski definition) is 5. The molecular weight excluding hydrogens is 448 g/mol. The molecule has 8 heteroatoms. The molecule has 2 aromatic rings. The average molecular weight is 467 g/mol. The third-order valence-corrected chi connectivity index (χ3v) is 7.44. The van der Waals surface area contributed by atoms with E-state index in [2.05, 4.69) is 26.8 Å². The van der Waals surface area contributed by atoms with E-state index in [9.17, 15) is 9.59 Å². The molecule has 1 aliphatic heterocycles. The zero-order chi connectivity index (χ0) is 19.2. The second-order valence-corrected chi connectivity index (χ2v) is 9.50. The van der Waals surface area contributed by atoms with Gasteiger partial charge in [0.2, 0.25) is 0 Å². The molecule has 3 rings (SSSR count). The minimum absolute atomic E-state index is 0.365. The highest BCUT2D eigenvalue weighted by molar-refractivity contribution is 9.10. The first-order chi connectivity index (χ1) is 13.0. The summed E-state index contributed by atoms with van der Waals surface area (Å²) in [5, 5.41) is 0. The maximum atomic E-state index is 12.2. The maximum Gasteiger partial charge on any atom is 0.279 e. The van der Waals surface area contributed by atoms with Gasteiger partial charge in [-0.15, -0.1) is 23.5 Å². The van der Waals surface area contributed by atoms with Crippen LogP contribution in [0.15, 0.2) is 53.0 Å². The Morgan fingerprint density at radius 1 is 1.11 bits per heavy atom. The highest BCUT2D eigenvalue weighted by atomic mass is 79.9. The quantitative estimate of drug-likeness (QED) is 0.647. The minimum atomic E-state index is -0.751. The predicted molar refractivity (Wildman–Crippen MR) is 114 cm³/mol. The molecule has 1 unspecified atom stereocenters. The summed E-state index contributed by atoms with van der Waals surface area (Å²) >= 11 is 7.19. The molecule has 0 aliphatic carbocycles. The second-order valence-electron chi connectivity index (χ2n) is 5.86. The Morgan fingerprint density at radius 2 is 1.81 bits per heavy atom. The molecule has 1 aliphatic rings. The molecule has 1 saturated heterocycles. The third kappa shape index (κ3) is 5.67. The SMILES string of the molecule is CC(Oc1cccc(Br)c1)C(=O)NNC(=O)c1ccc(C2SCCS2)cc1. The van der Waals surface area contributed by atoms with Crippen LogP contribution in [-0.4, -0.2) is 29.4 Å². The number of amides is 2. The van der Waals surface area contributed by atoms with E-state index in [-0.39, 0.29) is 5.91 Å². The lowest BCUT2D eigenvalue weighted by Crippen LogP contribution is -2.47. The Hall–Kier alpha value is -1.64. The lowest BCUT2D eigenvalue weighted by Gasteiger charge is -2.15. The number of benzene rings is 2. The summed E-state index contributed by atoms with van der Waals surface area (Å²) in [6, 6.07) is 14.7. The van der Waals surface area contributed by atoms with Gasteiger partial charge in [-0.1, -0.05) is 34.1 Å². The van der Waals surface area contributed by atoms with E-state index in [0.29, 0.717) is 15.9 Å². The van der Waals surface area contributed by atoms with Crippen LogP contribution in [0, 0.1) is 0 Å². The molecule has 27 heavy (non-hydrogen) atoms. The summed E-state index contributed by atoms with van der Waals surface area (Å²) in [7, 11) is 0. The number of thioether (sulfide) groups is 2. The minimum Gasteiger partial charge on any atom is -0.481 e. The number of hydrazine groups is 1. The lowest BCUT2D eigenvalue weighted by atomic mass is 10.1. The normalized spacial score (nSPS) is 15.2. The van der Waals surface area contributed by atoms with Crippen molar-refractivity contribution in [1.29, 1.82) is 0 Å². The van der Waals surface area contributed by atoms with Crippen LogP contribution in [-0.2, 0) is 4.79 Å². The van der Waals surface area contributed by atoms with Crippen LogP contribution in [0.2, 0.25) is 0 Å². The summed E-state index contributed by atoms with van der Waals surface area (Å²) in [4.78, 5) is 24.4. The Morgan fingerprint density at radius 3 is 2.48 bits per heavy atom. The Labute approximate surface area is 175 Å². The van der Waals surface area contributed by atoms with E-state index in [4.69, 9.17) is 4.74 Å². The van der Waals surface area contributed by atoms with Gasteiger partial charge in [-0.25, -0.2) is 0 Å². The molecule has 1 heterocycles. The monoisotopic (exact) mass is 466 g/mol. The summed E-state index contributed by atoms with van der Waals surface area (Å²) in [5.41, 5.74) is 6.53. The summed E-state index contributed by atoms with van der Waals surface area (Å²) < 4.78 is 6.87. The maximum absolute atomic E-state index is 12.2. The highest BCUT2D eigenvalue weighted by Crippen LogP contribution is 2.45. The van der Waals surface area contributed by atoms with Gasteiger partial charge in [0.1, 0.15) is 5.75 Å². The molecule has 1 atom stereocenters. The van der Waals surface area contributed by atoms with E-state index in [1.807, 2.05) is 47.8 Å². The number of hydrogen-bond donors (Lipinski definition) is 2. The fourth-order valence-electron chi connectivity index (χ4n) is 2.43. The van der Waals surface area contributed by atoms with Crippen molar-refractivity contribution in [2.45, 2.75) is 17.6 Å². The molecule has 0 radical (unpaired) electrons. The molecule has 2 aromatic carbocycles. The van der Waals surface area contributed by atoms with E-state index in [0.717, 1.165) is 16.0 Å². The number of carbonyl (C=O) groups excluding carboxylic acids is 2. The van der Waals surface area contributed by atoms with Crippen LogP contribution in [0.3, 0.4) is 0 Å². The number of carbonyl (C=O) groups is 2. The van der Waals surface area contributed by atoms with Gasteiger partial charge in [0, 0.05) is 21.5 Å². The molecule has 0 bridgehead atoms. The second kappa shape index (κ2) is 9.52. The standard InChI is InChI=1S/C19H19BrN2O3S2/c1-12(25-16-4-2-3-15(20)11-16)17(23)21-22-18(24)13-5-7-14(8-6-13)19-26-9-10-27-19/h2-8,11-12,19H,9-10H2,1H3,(H,21,23)(H,22,24). The van der Waals surface area contributed by atoms with E-state index in [1.165, 1.54) is 5.56 Å². The van der Waals surface area contributed by atoms with Gasteiger partial charge in [0.25, 0.3) is 11.8 Å². The third-order valence-electron chi connectivity index (χ3n) is 3.84. The summed E-state index contributed by atoms with van der Waals surface area (Å²) in [6.45, 7) is 1.62. The molecule has 1 fully saturated rings. The van der Waals surface area contributed by atoms with Crippen molar-refractivity contribution in [3.05, 3.63) is 64.1 Å². The van der Waals surface area contributed by atoms with E-state index in [1.54, 1.807) is 31.2 Å². The van der Waals surface area contributed by atoms with Crippen molar-refractivity contribution < 1.29 is 14.3 Å². The molecular formula is C19H19BrN2O3S2. The summed E-state index contributed by atoms with van der Waals surface area (Å²) in [5.74, 6) is 2.08. The first-order valence-corrected chi connectivity index (χ1v) is 11.3. The fraction of sp³-hybridized carbons (Fsp3) is 0.263. The van der Waals surface area contributed by atoms with Crippen molar-refractivity contribution in [2.75, 3.05) is 11.5 Å². The molecule has 2 N–H and O–H groups in total. The fourth-order valence-corrected chi connectivity index (χ4v) is 5.67. The van der Waals surface area contributed by atoms with Crippen LogP contribution in [0.25, 0.3) is 0 Å². The first kappa shape index (κ1) is 20.1. The van der Waals surface area contributed by atoms with Gasteiger partial charge in [-0.2, -0.15) is 0 Å². The van der Waals surface area contributed by atoms with Gasteiger partial charge in [0.05, 0.1) is 4.58 Å². The number of ether oxygens (including phenoxy) is 1. The predicted octanol–water partition coefficient (Wildman–Crippen LogP) is 4.16. The molecule has 5 nitrogen and oxygen atoms in total. The Bertz CT molecular complexity index is 811. The van der Waals surface area contributed by atoms with Crippen molar-refractivity contribution >= 4 is 51.3 Å². The average Bonchev–Trinajstić information content (AvgIpc) is 3.20. The molecule has 0 aromatic heterocycles. The molecule has 0 spiro atoms. The van der Waals surface area contributed by atoms with Crippen molar-refractivity contribution in [3.63, 3.8) is 0 Å². The van der Waals surface area contributed by atoms with Gasteiger partial charge in [-0.3, -0.25) is 20.4 Å². The number of nitrogens with one attached hydrogen (secondary N) is 2. The number of halogens is 1. The zero-order valence-corrected chi connectivity index (χ0v) is 17.8.